The molecule has 1 unspecified atom stereocenters. The van der Waals surface area contributed by atoms with Crippen LogP contribution < -0.4 is 5.73 Å². The zero-order valence-corrected chi connectivity index (χ0v) is 9.24. The van der Waals surface area contributed by atoms with Crippen LogP contribution in [-0.4, -0.2) is 23.8 Å². The summed E-state index contributed by atoms with van der Waals surface area (Å²) in [6.45, 7) is 1.52. The van der Waals surface area contributed by atoms with E-state index in [4.69, 9.17) is 15.6 Å². The van der Waals surface area contributed by atoms with Gasteiger partial charge in [-0.3, -0.25) is 0 Å². The molecule has 0 spiro atoms. The molecule has 0 amide bonds. The molecule has 1 aromatic carbocycles. The average molecular weight is 245 g/mol. The average Bonchev–Trinajstić information content (AvgIpc) is 2.22. The molecule has 6 heteroatoms. The summed E-state index contributed by atoms with van der Waals surface area (Å²) in [5, 5.41) is 8.95. The van der Waals surface area contributed by atoms with Gasteiger partial charge in [0, 0.05) is 18.2 Å². The Kier molecular flexibility index (Phi) is 4.39. The van der Waals surface area contributed by atoms with Crippen molar-refractivity contribution in [2.75, 3.05) is 12.3 Å². The number of carbonyl (C=O) groups excluding carboxylic acids is 1. The molecule has 4 nitrogen and oxygen atoms in total. The maximum Gasteiger partial charge on any atom is 0.340 e. The van der Waals surface area contributed by atoms with Gasteiger partial charge in [-0.2, -0.15) is 0 Å². The van der Waals surface area contributed by atoms with Crippen molar-refractivity contribution >= 4 is 11.7 Å². The molecule has 0 aliphatic heterocycles. The van der Waals surface area contributed by atoms with Gasteiger partial charge in [-0.1, -0.05) is 0 Å². The Balaban J connectivity index is 2.72. The van der Waals surface area contributed by atoms with E-state index in [0.29, 0.717) is 6.07 Å². The maximum atomic E-state index is 12.9. The summed E-state index contributed by atoms with van der Waals surface area (Å²) < 4.78 is 30.4. The number of carbonyl (C=O) groups is 1. The SMILES string of the molecule is CC(O)CCOC(=O)c1cc(F)c(F)cc1N. The molecule has 94 valence electrons. The molecule has 0 radical (unpaired) electrons. The van der Waals surface area contributed by atoms with Crippen molar-refractivity contribution in [1.82, 2.24) is 0 Å². The van der Waals surface area contributed by atoms with Crippen molar-refractivity contribution in [2.45, 2.75) is 19.4 Å². The first kappa shape index (κ1) is 13.4. The highest BCUT2D eigenvalue weighted by Crippen LogP contribution is 2.18. The third-order valence-electron chi connectivity index (χ3n) is 2.08. The molecule has 0 aliphatic rings. The molecule has 0 bridgehead atoms. The van der Waals surface area contributed by atoms with Gasteiger partial charge in [0.15, 0.2) is 11.6 Å². The van der Waals surface area contributed by atoms with Crippen molar-refractivity contribution in [2.24, 2.45) is 0 Å². The molecule has 1 rings (SSSR count). The standard InChI is InChI=1S/C11H13F2NO3/c1-6(15)2-3-17-11(16)7-4-8(12)9(13)5-10(7)14/h4-6,15H,2-3,14H2,1H3. The quantitative estimate of drug-likeness (QED) is 0.622. The normalized spacial score (nSPS) is 12.2. The molecule has 1 atom stereocenters. The molecule has 0 heterocycles. The van der Waals surface area contributed by atoms with Crippen LogP contribution in [0.4, 0.5) is 14.5 Å². The summed E-state index contributed by atoms with van der Waals surface area (Å²) in [5.74, 6) is -3.13. The second-order valence-electron chi connectivity index (χ2n) is 3.63. The van der Waals surface area contributed by atoms with Gasteiger partial charge >= 0.3 is 5.97 Å². The van der Waals surface area contributed by atoms with Crippen molar-refractivity contribution in [3.8, 4) is 0 Å². The van der Waals surface area contributed by atoms with E-state index in [1.54, 1.807) is 6.92 Å². The van der Waals surface area contributed by atoms with Crippen molar-refractivity contribution in [3.05, 3.63) is 29.3 Å². The van der Waals surface area contributed by atoms with E-state index >= 15 is 0 Å². The van der Waals surface area contributed by atoms with Gasteiger partial charge in [-0.25, -0.2) is 13.6 Å². The lowest BCUT2D eigenvalue weighted by Gasteiger charge is -2.08. The van der Waals surface area contributed by atoms with E-state index in [1.807, 2.05) is 0 Å². The number of nitrogen functional groups attached to an aromatic ring is 1. The predicted octanol–water partition coefficient (Wildman–Crippen LogP) is 1.47. The highest BCUT2D eigenvalue weighted by Gasteiger charge is 2.15. The van der Waals surface area contributed by atoms with Crippen LogP contribution >= 0.6 is 0 Å². The van der Waals surface area contributed by atoms with Crippen LogP contribution in [0.3, 0.4) is 0 Å². The van der Waals surface area contributed by atoms with Crippen LogP contribution in [0.15, 0.2) is 12.1 Å². The minimum atomic E-state index is -1.17. The van der Waals surface area contributed by atoms with Gasteiger partial charge in [-0.15, -0.1) is 0 Å². The minimum Gasteiger partial charge on any atom is -0.462 e. The second-order valence-corrected chi connectivity index (χ2v) is 3.63. The van der Waals surface area contributed by atoms with Gasteiger partial charge < -0.3 is 15.6 Å². The van der Waals surface area contributed by atoms with E-state index < -0.39 is 23.7 Å². The summed E-state index contributed by atoms with van der Waals surface area (Å²) in [5.41, 5.74) is 4.95. The fraction of sp³-hybridized carbons (Fsp3) is 0.364. The predicted molar refractivity (Wildman–Crippen MR) is 57.4 cm³/mol. The number of anilines is 1. The second kappa shape index (κ2) is 5.58. The molecule has 3 N–H and O–H groups in total. The Morgan fingerprint density at radius 1 is 1.47 bits per heavy atom. The number of aliphatic hydroxyl groups excluding tert-OH is 1. The highest BCUT2D eigenvalue weighted by molar-refractivity contribution is 5.95. The van der Waals surface area contributed by atoms with E-state index in [1.165, 1.54) is 0 Å². The fourth-order valence-electron chi connectivity index (χ4n) is 1.14. The number of benzene rings is 1. The third-order valence-corrected chi connectivity index (χ3v) is 2.08. The molecular formula is C11H13F2NO3. The summed E-state index contributed by atoms with van der Waals surface area (Å²) in [6, 6.07) is 1.41. The monoisotopic (exact) mass is 245 g/mol. The van der Waals surface area contributed by atoms with Gasteiger partial charge in [-0.05, 0) is 13.0 Å². The molecule has 0 aliphatic carbocycles. The highest BCUT2D eigenvalue weighted by atomic mass is 19.2. The zero-order valence-electron chi connectivity index (χ0n) is 9.24. The first-order valence-corrected chi connectivity index (χ1v) is 5.01. The number of rotatable bonds is 4. The maximum absolute atomic E-state index is 12.9. The summed E-state index contributed by atoms with van der Waals surface area (Å²) >= 11 is 0. The molecule has 0 fully saturated rings. The smallest absolute Gasteiger partial charge is 0.340 e. The van der Waals surface area contributed by atoms with Gasteiger partial charge in [0.1, 0.15) is 0 Å². The number of nitrogens with two attached hydrogens (primary N) is 1. The van der Waals surface area contributed by atoms with Crippen LogP contribution in [0, 0.1) is 11.6 Å². The number of hydrogen-bond acceptors (Lipinski definition) is 4. The molecule has 0 saturated heterocycles. The van der Waals surface area contributed by atoms with E-state index in [-0.39, 0.29) is 24.3 Å². The molecule has 1 aromatic rings. The largest absolute Gasteiger partial charge is 0.462 e. The molecule has 17 heavy (non-hydrogen) atoms. The summed E-state index contributed by atoms with van der Waals surface area (Å²) in [4.78, 5) is 11.4. The summed E-state index contributed by atoms with van der Waals surface area (Å²) in [6.07, 6.45) is -0.347. The Bertz CT molecular complexity index is 421. The lowest BCUT2D eigenvalue weighted by molar-refractivity contribution is 0.0445. The van der Waals surface area contributed by atoms with Crippen LogP contribution in [0.2, 0.25) is 0 Å². The van der Waals surface area contributed by atoms with Crippen LogP contribution in [0.25, 0.3) is 0 Å². The minimum absolute atomic E-state index is 0.0189. The Hall–Kier alpha value is -1.69. The lowest BCUT2D eigenvalue weighted by atomic mass is 10.1. The molecular weight excluding hydrogens is 232 g/mol. The van der Waals surface area contributed by atoms with Gasteiger partial charge in [0.25, 0.3) is 0 Å². The lowest BCUT2D eigenvalue weighted by Crippen LogP contribution is -2.13. The van der Waals surface area contributed by atoms with Crippen LogP contribution in [-0.2, 0) is 4.74 Å². The number of hydrogen-bond donors (Lipinski definition) is 2. The zero-order chi connectivity index (χ0) is 13.0. The Morgan fingerprint density at radius 2 is 2.06 bits per heavy atom. The first-order chi connectivity index (χ1) is 7.91. The first-order valence-electron chi connectivity index (χ1n) is 5.01. The Morgan fingerprint density at radius 3 is 2.65 bits per heavy atom. The molecule has 0 saturated carbocycles. The number of aliphatic hydroxyl groups is 1. The fourth-order valence-corrected chi connectivity index (χ4v) is 1.14. The summed E-state index contributed by atoms with van der Waals surface area (Å²) in [7, 11) is 0. The number of esters is 1. The van der Waals surface area contributed by atoms with E-state index in [9.17, 15) is 13.6 Å². The topological polar surface area (TPSA) is 72.5 Å². The van der Waals surface area contributed by atoms with E-state index in [0.717, 1.165) is 6.07 Å². The van der Waals surface area contributed by atoms with Gasteiger partial charge in [0.2, 0.25) is 0 Å². The van der Waals surface area contributed by atoms with Gasteiger partial charge in [0.05, 0.1) is 18.3 Å². The van der Waals surface area contributed by atoms with E-state index in [2.05, 4.69) is 0 Å². The number of ether oxygens (including phenoxy) is 1. The van der Waals surface area contributed by atoms with Crippen molar-refractivity contribution in [1.29, 1.82) is 0 Å². The van der Waals surface area contributed by atoms with Crippen molar-refractivity contribution < 1.29 is 23.4 Å². The van der Waals surface area contributed by atoms with Crippen LogP contribution in [0.1, 0.15) is 23.7 Å². The third kappa shape index (κ3) is 3.67. The number of halogens is 2. The Labute approximate surface area is 97.0 Å². The molecule has 0 aromatic heterocycles. The van der Waals surface area contributed by atoms with Crippen LogP contribution in [0.5, 0.6) is 0 Å². The van der Waals surface area contributed by atoms with Crippen molar-refractivity contribution in [3.63, 3.8) is 0 Å².